The molecule has 2 heterocycles. The normalized spacial score (nSPS) is 23.2. The van der Waals surface area contributed by atoms with Crippen LogP contribution in [0.15, 0.2) is 23.1 Å². The average molecular weight is 404 g/mol. The number of carbonyl (C=O) groups is 1. The molecule has 2 aliphatic heterocycles. The quantitative estimate of drug-likeness (QED) is 0.772. The molecule has 1 aromatic carbocycles. The summed E-state index contributed by atoms with van der Waals surface area (Å²) < 4.78 is 40.3. The standard InChI is InChI=1S/C17H23ClFN3O3S/c1-20-7-2-4-16(20)17(23)21-8-3-9-22(11-10-21)26(24,25)13-5-6-15(19)14(18)12-13/h5-6,12,16H,2-4,7-11H2,1H3/t16-/m0/s1. The molecular weight excluding hydrogens is 381 g/mol. The Labute approximate surface area is 158 Å². The van der Waals surface area contributed by atoms with Crippen molar-refractivity contribution in [3.05, 3.63) is 29.0 Å². The summed E-state index contributed by atoms with van der Waals surface area (Å²) in [5.41, 5.74) is 0. The van der Waals surface area contributed by atoms with Crippen molar-refractivity contribution >= 4 is 27.5 Å². The number of sulfonamides is 1. The highest BCUT2D eigenvalue weighted by Gasteiger charge is 2.34. The van der Waals surface area contributed by atoms with E-state index in [4.69, 9.17) is 11.6 Å². The molecule has 2 aliphatic rings. The molecule has 26 heavy (non-hydrogen) atoms. The van der Waals surface area contributed by atoms with Gasteiger partial charge in [-0.1, -0.05) is 11.6 Å². The van der Waals surface area contributed by atoms with Crippen molar-refractivity contribution in [3.8, 4) is 0 Å². The van der Waals surface area contributed by atoms with Crippen molar-refractivity contribution in [2.45, 2.75) is 30.2 Å². The fourth-order valence-corrected chi connectivity index (χ4v) is 5.32. The second-order valence-electron chi connectivity index (χ2n) is 6.80. The fourth-order valence-electron chi connectivity index (χ4n) is 3.57. The number of benzene rings is 1. The van der Waals surface area contributed by atoms with Gasteiger partial charge in [0.15, 0.2) is 0 Å². The Balaban J connectivity index is 1.71. The first-order valence-corrected chi connectivity index (χ1v) is 10.6. The zero-order valence-electron chi connectivity index (χ0n) is 14.7. The van der Waals surface area contributed by atoms with E-state index in [1.807, 2.05) is 7.05 Å². The van der Waals surface area contributed by atoms with Crippen molar-refractivity contribution in [1.29, 1.82) is 0 Å². The molecule has 1 atom stereocenters. The minimum atomic E-state index is -3.77. The van der Waals surface area contributed by atoms with Crippen LogP contribution in [0.3, 0.4) is 0 Å². The first-order chi connectivity index (χ1) is 12.3. The Hall–Kier alpha value is -1.22. The highest BCUT2D eigenvalue weighted by atomic mass is 35.5. The van der Waals surface area contributed by atoms with E-state index < -0.39 is 15.8 Å². The molecule has 3 rings (SSSR count). The van der Waals surface area contributed by atoms with E-state index >= 15 is 0 Å². The largest absolute Gasteiger partial charge is 0.340 e. The molecule has 0 radical (unpaired) electrons. The molecule has 1 amide bonds. The summed E-state index contributed by atoms with van der Waals surface area (Å²) in [6, 6.07) is 3.30. The smallest absolute Gasteiger partial charge is 0.243 e. The molecule has 0 N–H and O–H groups in total. The molecular formula is C17H23ClFN3O3S. The lowest BCUT2D eigenvalue weighted by atomic mass is 10.2. The van der Waals surface area contributed by atoms with Gasteiger partial charge in [0.25, 0.3) is 0 Å². The van der Waals surface area contributed by atoms with Crippen LogP contribution in [0.2, 0.25) is 5.02 Å². The van der Waals surface area contributed by atoms with Gasteiger partial charge in [0.1, 0.15) is 5.82 Å². The molecule has 0 unspecified atom stereocenters. The maximum Gasteiger partial charge on any atom is 0.243 e. The Morgan fingerprint density at radius 2 is 1.92 bits per heavy atom. The van der Waals surface area contributed by atoms with Gasteiger partial charge in [-0.2, -0.15) is 4.31 Å². The Morgan fingerprint density at radius 1 is 1.15 bits per heavy atom. The summed E-state index contributed by atoms with van der Waals surface area (Å²) in [4.78, 5) is 16.5. The van der Waals surface area contributed by atoms with Crippen molar-refractivity contribution in [2.75, 3.05) is 39.8 Å². The van der Waals surface area contributed by atoms with Crippen molar-refractivity contribution in [1.82, 2.24) is 14.1 Å². The van der Waals surface area contributed by atoms with Crippen LogP contribution >= 0.6 is 11.6 Å². The summed E-state index contributed by atoms with van der Waals surface area (Å²) in [6.45, 7) is 2.36. The Bertz CT molecular complexity index is 789. The topological polar surface area (TPSA) is 60.9 Å². The first kappa shape index (κ1) is 19.5. The summed E-state index contributed by atoms with van der Waals surface area (Å²) in [5.74, 6) is -0.576. The lowest BCUT2D eigenvalue weighted by Crippen LogP contribution is -2.45. The van der Waals surface area contributed by atoms with Crippen LogP contribution in [0.4, 0.5) is 4.39 Å². The van der Waals surface area contributed by atoms with Crippen LogP contribution in [-0.4, -0.2) is 74.2 Å². The van der Waals surface area contributed by atoms with Crippen molar-refractivity contribution in [3.63, 3.8) is 0 Å². The fraction of sp³-hybridized carbons (Fsp3) is 0.588. The zero-order valence-corrected chi connectivity index (χ0v) is 16.3. The third kappa shape index (κ3) is 3.88. The van der Waals surface area contributed by atoms with Gasteiger partial charge in [0.2, 0.25) is 15.9 Å². The molecule has 0 bridgehead atoms. The third-order valence-electron chi connectivity index (χ3n) is 5.10. The monoisotopic (exact) mass is 403 g/mol. The molecule has 1 aromatic rings. The van der Waals surface area contributed by atoms with Gasteiger partial charge in [-0.15, -0.1) is 0 Å². The molecule has 0 saturated carbocycles. The zero-order chi connectivity index (χ0) is 18.9. The van der Waals surface area contributed by atoms with Crippen molar-refractivity contribution < 1.29 is 17.6 Å². The molecule has 6 nitrogen and oxygen atoms in total. The molecule has 9 heteroatoms. The number of carbonyl (C=O) groups excluding carboxylic acids is 1. The number of rotatable bonds is 3. The predicted molar refractivity (Wildman–Crippen MR) is 97.0 cm³/mol. The van der Waals surface area contributed by atoms with E-state index in [0.29, 0.717) is 26.1 Å². The van der Waals surface area contributed by atoms with Crippen molar-refractivity contribution in [2.24, 2.45) is 0 Å². The molecule has 0 aromatic heterocycles. The van der Waals surface area contributed by atoms with Crippen LogP contribution in [0.1, 0.15) is 19.3 Å². The van der Waals surface area contributed by atoms with Gasteiger partial charge < -0.3 is 4.90 Å². The number of likely N-dealkylation sites (N-methyl/N-ethyl adjacent to an activating group) is 1. The summed E-state index contributed by atoms with van der Waals surface area (Å²) in [5, 5.41) is -0.220. The van der Waals surface area contributed by atoms with Crippen LogP contribution in [0.5, 0.6) is 0 Å². The summed E-state index contributed by atoms with van der Waals surface area (Å²) in [6.07, 6.45) is 2.42. The molecule has 2 saturated heterocycles. The molecule has 144 valence electrons. The van der Waals surface area contributed by atoms with E-state index in [-0.39, 0.29) is 28.4 Å². The molecule has 2 fully saturated rings. The SMILES string of the molecule is CN1CCC[C@H]1C(=O)N1CCCN(S(=O)(=O)c2ccc(F)c(Cl)c2)CC1. The number of nitrogens with zero attached hydrogens (tertiary/aromatic N) is 3. The number of halogens is 2. The van der Waals surface area contributed by atoms with E-state index in [1.54, 1.807) is 4.90 Å². The van der Waals surface area contributed by atoms with Gasteiger partial charge in [0, 0.05) is 26.2 Å². The van der Waals surface area contributed by atoms with E-state index in [2.05, 4.69) is 4.90 Å². The minimum absolute atomic E-state index is 0.0285. The lowest BCUT2D eigenvalue weighted by Gasteiger charge is -2.27. The minimum Gasteiger partial charge on any atom is -0.340 e. The van der Waals surface area contributed by atoms with E-state index in [9.17, 15) is 17.6 Å². The Kier molecular flexibility index (Phi) is 5.86. The van der Waals surface area contributed by atoms with Gasteiger partial charge in [-0.05, 0) is 51.1 Å². The first-order valence-electron chi connectivity index (χ1n) is 8.75. The highest BCUT2D eigenvalue weighted by Crippen LogP contribution is 2.24. The number of hydrogen-bond acceptors (Lipinski definition) is 4. The summed E-state index contributed by atoms with van der Waals surface area (Å²) in [7, 11) is -1.82. The van der Waals surface area contributed by atoms with Crippen LogP contribution < -0.4 is 0 Å². The lowest BCUT2D eigenvalue weighted by molar-refractivity contribution is -0.135. The van der Waals surface area contributed by atoms with Crippen LogP contribution in [0, 0.1) is 5.82 Å². The second kappa shape index (κ2) is 7.80. The van der Waals surface area contributed by atoms with E-state index in [1.165, 1.54) is 10.4 Å². The van der Waals surface area contributed by atoms with Crippen LogP contribution in [-0.2, 0) is 14.8 Å². The maximum absolute atomic E-state index is 13.3. The van der Waals surface area contributed by atoms with E-state index in [0.717, 1.165) is 31.5 Å². The molecule has 0 aliphatic carbocycles. The number of amides is 1. The van der Waals surface area contributed by atoms with Gasteiger partial charge in [-0.3, -0.25) is 9.69 Å². The Morgan fingerprint density at radius 3 is 2.58 bits per heavy atom. The summed E-state index contributed by atoms with van der Waals surface area (Å²) >= 11 is 5.73. The molecule has 0 spiro atoms. The van der Waals surface area contributed by atoms with Gasteiger partial charge in [-0.25, -0.2) is 12.8 Å². The number of hydrogen-bond donors (Lipinski definition) is 0. The average Bonchev–Trinajstić information content (AvgIpc) is 2.88. The number of likely N-dealkylation sites (tertiary alicyclic amines) is 1. The maximum atomic E-state index is 13.3. The van der Waals surface area contributed by atoms with Gasteiger partial charge in [0.05, 0.1) is 16.0 Å². The third-order valence-corrected chi connectivity index (χ3v) is 7.29. The second-order valence-corrected chi connectivity index (χ2v) is 9.14. The van der Waals surface area contributed by atoms with Crippen LogP contribution in [0.25, 0.3) is 0 Å². The highest BCUT2D eigenvalue weighted by molar-refractivity contribution is 7.89. The predicted octanol–water partition coefficient (Wildman–Crippen LogP) is 1.80. The van der Waals surface area contributed by atoms with Gasteiger partial charge >= 0.3 is 0 Å².